The molecule has 0 aromatic heterocycles. The van der Waals surface area contributed by atoms with E-state index in [-0.39, 0.29) is 6.54 Å². The van der Waals surface area contributed by atoms with Gasteiger partial charge in [-0.05, 0) is 25.2 Å². The van der Waals surface area contributed by atoms with E-state index in [1.807, 2.05) is 4.90 Å². The van der Waals surface area contributed by atoms with Crippen molar-refractivity contribution in [3.8, 4) is 0 Å². The van der Waals surface area contributed by atoms with Crippen LogP contribution in [-0.2, 0) is 0 Å². The van der Waals surface area contributed by atoms with Gasteiger partial charge in [-0.15, -0.1) is 0 Å². The minimum absolute atomic E-state index is 0.0461. The van der Waals surface area contributed by atoms with Crippen LogP contribution in [0, 0.1) is 5.92 Å². The van der Waals surface area contributed by atoms with Gasteiger partial charge in [-0.2, -0.15) is 0 Å². The third-order valence-corrected chi connectivity index (χ3v) is 3.75. The van der Waals surface area contributed by atoms with E-state index in [4.69, 9.17) is 0 Å². The van der Waals surface area contributed by atoms with Crippen molar-refractivity contribution in [3.05, 3.63) is 0 Å². The van der Waals surface area contributed by atoms with Crippen LogP contribution < -0.4 is 5.32 Å². The van der Waals surface area contributed by atoms with Gasteiger partial charge in [0.15, 0.2) is 0 Å². The Balaban J connectivity index is 1.88. The van der Waals surface area contributed by atoms with Crippen molar-refractivity contribution in [2.45, 2.75) is 51.1 Å². The first-order valence-corrected chi connectivity index (χ1v) is 6.46. The molecule has 4 heteroatoms. The molecule has 1 aliphatic heterocycles. The zero-order valence-corrected chi connectivity index (χ0v) is 9.96. The number of alkyl halides is 2. The van der Waals surface area contributed by atoms with Crippen LogP contribution in [0.15, 0.2) is 0 Å². The Morgan fingerprint density at radius 1 is 1.38 bits per heavy atom. The topological polar surface area (TPSA) is 15.3 Å². The zero-order valence-electron chi connectivity index (χ0n) is 9.96. The van der Waals surface area contributed by atoms with E-state index in [0.29, 0.717) is 12.1 Å². The average molecular weight is 232 g/mol. The molecular formula is C12H22F2N2. The summed E-state index contributed by atoms with van der Waals surface area (Å²) in [6.07, 6.45) is 2.45. The third kappa shape index (κ3) is 3.14. The van der Waals surface area contributed by atoms with Gasteiger partial charge in [0.1, 0.15) is 0 Å². The summed E-state index contributed by atoms with van der Waals surface area (Å²) in [6, 6.07) is 0.779. The second-order valence-electron chi connectivity index (χ2n) is 5.14. The molecule has 2 fully saturated rings. The van der Waals surface area contributed by atoms with Gasteiger partial charge >= 0.3 is 0 Å². The highest BCUT2D eigenvalue weighted by Gasteiger charge is 2.37. The maximum absolute atomic E-state index is 12.5. The van der Waals surface area contributed by atoms with E-state index in [1.165, 1.54) is 12.8 Å². The van der Waals surface area contributed by atoms with E-state index >= 15 is 0 Å². The first-order valence-electron chi connectivity index (χ1n) is 6.46. The summed E-state index contributed by atoms with van der Waals surface area (Å²) in [4.78, 5) is 2.01. The fourth-order valence-electron chi connectivity index (χ4n) is 2.72. The largest absolute Gasteiger partial charge is 0.311 e. The smallest absolute Gasteiger partial charge is 0.251 e. The third-order valence-electron chi connectivity index (χ3n) is 3.75. The summed E-state index contributed by atoms with van der Waals surface area (Å²) in [6.45, 7) is 3.78. The summed E-state index contributed by atoms with van der Waals surface area (Å²) in [5.41, 5.74) is 0. The van der Waals surface area contributed by atoms with Crippen LogP contribution in [-0.4, -0.2) is 43.0 Å². The van der Waals surface area contributed by atoms with Crippen LogP contribution in [0.1, 0.15) is 32.6 Å². The Hall–Kier alpha value is -0.220. The molecule has 0 aromatic carbocycles. The van der Waals surface area contributed by atoms with Crippen molar-refractivity contribution in [2.75, 3.05) is 19.6 Å². The van der Waals surface area contributed by atoms with Crippen molar-refractivity contribution >= 4 is 0 Å². The van der Waals surface area contributed by atoms with E-state index in [9.17, 15) is 8.78 Å². The van der Waals surface area contributed by atoms with Gasteiger partial charge in [0.25, 0.3) is 6.43 Å². The average Bonchev–Trinajstić information content (AvgIpc) is 3.03. The fourth-order valence-corrected chi connectivity index (χ4v) is 2.72. The number of hydrogen-bond donors (Lipinski definition) is 1. The highest BCUT2D eigenvalue weighted by atomic mass is 19.3. The van der Waals surface area contributed by atoms with E-state index in [1.54, 1.807) is 0 Å². The molecule has 1 saturated carbocycles. The van der Waals surface area contributed by atoms with E-state index in [2.05, 4.69) is 12.2 Å². The predicted octanol–water partition coefficient (Wildman–Crippen LogP) is 2.10. The Morgan fingerprint density at radius 2 is 2.12 bits per heavy atom. The lowest BCUT2D eigenvalue weighted by Gasteiger charge is -2.40. The molecule has 94 valence electrons. The molecule has 2 aliphatic rings. The highest BCUT2D eigenvalue weighted by Crippen LogP contribution is 2.34. The highest BCUT2D eigenvalue weighted by molar-refractivity contribution is 4.94. The first-order chi connectivity index (χ1) is 7.70. The number of halogens is 2. The molecule has 2 nitrogen and oxygen atoms in total. The van der Waals surface area contributed by atoms with Gasteiger partial charge < -0.3 is 5.32 Å². The molecule has 0 radical (unpaired) electrons. The van der Waals surface area contributed by atoms with Gasteiger partial charge in [0, 0.05) is 25.2 Å². The van der Waals surface area contributed by atoms with Gasteiger partial charge in [-0.25, -0.2) is 8.78 Å². The summed E-state index contributed by atoms with van der Waals surface area (Å²) in [5.74, 6) is 0.753. The number of hydrogen-bond acceptors (Lipinski definition) is 2. The molecule has 2 atom stereocenters. The van der Waals surface area contributed by atoms with Crippen molar-refractivity contribution in [3.63, 3.8) is 0 Å². The van der Waals surface area contributed by atoms with Crippen molar-refractivity contribution in [1.29, 1.82) is 0 Å². The maximum atomic E-state index is 12.5. The quantitative estimate of drug-likeness (QED) is 0.781. The summed E-state index contributed by atoms with van der Waals surface area (Å²) in [5, 5.41) is 3.53. The van der Waals surface area contributed by atoms with Gasteiger partial charge in [0.05, 0.1) is 6.54 Å². The molecule has 1 aliphatic carbocycles. The number of nitrogens with one attached hydrogen (secondary N) is 1. The zero-order chi connectivity index (χ0) is 11.5. The monoisotopic (exact) mass is 232 g/mol. The second kappa shape index (κ2) is 5.41. The van der Waals surface area contributed by atoms with Crippen LogP contribution in [0.5, 0.6) is 0 Å². The van der Waals surface area contributed by atoms with Gasteiger partial charge in [-0.3, -0.25) is 4.90 Å². The van der Waals surface area contributed by atoms with E-state index in [0.717, 1.165) is 31.8 Å². The lowest BCUT2D eigenvalue weighted by atomic mass is 10.0. The van der Waals surface area contributed by atoms with Gasteiger partial charge in [0.2, 0.25) is 0 Å². The Labute approximate surface area is 96.4 Å². The van der Waals surface area contributed by atoms with Crippen LogP contribution in [0.4, 0.5) is 8.78 Å². The summed E-state index contributed by atoms with van der Waals surface area (Å²) in [7, 11) is 0. The molecule has 0 aromatic rings. The molecule has 1 saturated heterocycles. The van der Waals surface area contributed by atoms with Crippen LogP contribution in [0.25, 0.3) is 0 Å². The van der Waals surface area contributed by atoms with Crippen molar-refractivity contribution in [2.24, 2.45) is 5.92 Å². The number of nitrogens with zero attached hydrogens (tertiary/aromatic N) is 1. The van der Waals surface area contributed by atoms with Crippen molar-refractivity contribution in [1.82, 2.24) is 10.2 Å². The lowest BCUT2D eigenvalue weighted by Crippen LogP contribution is -2.58. The first kappa shape index (κ1) is 12.2. The molecule has 1 N–H and O–H groups in total. The second-order valence-corrected chi connectivity index (χ2v) is 5.14. The maximum Gasteiger partial charge on any atom is 0.251 e. The van der Waals surface area contributed by atoms with Crippen LogP contribution in [0.2, 0.25) is 0 Å². The molecule has 0 amide bonds. The molecule has 2 unspecified atom stereocenters. The molecule has 1 heterocycles. The molecular weight excluding hydrogens is 210 g/mol. The number of rotatable bonds is 5. The molecule has 0 bridgehead atoms. The minimum atomic E-state index is -2.20. The molecule has 0 spiro atoms. The molecule has 2 rings (SSSR count). The van der Waals surface area contributed by atoms with Gasteiger partial charge in [-0.1, -0.05) is 13.3 Å². The summed E-state index contributed by atoms with van der Waals surface area (Å²) < 4.78 is 25.0. The Kier molecular flexibility index (Phi) is 4.14. The normalized spacial score (nSPS) is 32.2. The summed E-state index contributed by atoms with van der Waals surface area (Å²) >= 11 is 0. The van der Waals surface area contributed by atoms with Crippen LogP contribution >= 0.6 is 0 Å². The van der Waals surface area contributed by atoms with E-state index < -0.39 is 6.43 Å². The Bertz CT molecular complexity index is 219. The lowest BCUT2D eigenvalue weighted by molar-refractivity contribution is 0.0374. The fraction of sp³-hybridized carbons (Fsp3) is 1.00. The van der Waals surface area contributed by atoms with Crippen molar-refractivity contribution < 1.29 is 8.78 Å². The standard InChI is InChI=1S/C12H22F2N2/c1-2-3-10-6-15-11(9-4-5-9)7-16(10)8-12(13)14/h9-12,15H,2-8H2,1H3. The predicted molar refractivity (Wildman–Crippen MR) is 60.8 cm³/mol. The SMILES string of the molecule is CCCC1CNC(C2CC2)CN1CC(F)F. The number of piperazine rings is 1. The van der Waals surface area contributed by atoms with Crippen LogP contribution in [0.3, 0.4) is 0 Å². The Morgan fingerprint density at radius 3 is 2.69 bits per heavy atom. The molecule has 16 heavy (non-hydrogen) atoms. The minimum Gasteiger partial charge on any atom is -0.311 e.